The Balaban J connectivity index is 2.31. The SMILES string of the molecule is C[Si](C)(CCC(N)CCN)C1CCCCO1. The van der Waals surface area contributed by atoms with Gasteiger partial charge in [-0.05, 0) is 38.6 Å². The highest BCUT2D eigenvalue weighted by Crippen LogP contribution is 2.27. The Bertz CT molecular complexity index is 193. The minimum atomic E-state index is -1.24. The molecule has 0 bridgehead atoms. The van der Waals surface area contributed by atoms with Gasteiger partial charge in [-0.15, -0.1) is 0 Å². The minimum Gasteiger partial charge on any atom is -0.382 e. The van der Waals surface area contributed by atoms with Gasteiger partial charge in [0.1, 0.15) is 0 Å². The molecular weight excluding hydrogens is 216 g/mol. The van der Waals surface area contributed by atoms with Crippen molar-refractivity contribution >= 4 is 8.07 Å². The Morgan fingerprint density at radius 2 is 2.06 bits per heavy atom. The van der Waals surface area contributed by atoms with Gasteiger partial charge < -0.3 is 16.2 Å². The zero-order valence-corrected chi connectivity index (χ0v) is 11.9. The maximum absolute atomic E-state index is 6.02. The first-order valence-corrected chi connectivity index (χ1v) is 9.92. The molecule has 1 aliphatic rings. The second kappa shape index (κ2) is 6.74. The lowest BCUT2D eigenvalue weighted by Crippen LogP contribution is -2.46. The number of nitrogens with two attached hydrogens (primary N) is 2. The van der Waals surface area contributed by atoms with Gasteiger partial charge in [-0.3, -0.25) is 0 Å². The predicted molar refractivity (Wildman–Crippen MR) is 72.1 cm³/mol. The Morgan fingerprint density at radius 3 is 2.62 bits per heavy atom. The zero-order chi connectivity index (χ0) is 12.0. The van der Waals surface area contributed by atoms with Crippen molar-refractivity contribution in [2.24, 2.45) is 11.5 Å². The molecule has 1 saturated heterocycles. The van der Waals surface area contributed by atoms with Crippen LogP contribution in [0.15, 0.2) is 0 Å². The Morgan fingerprint density at radius 1 is 1.31 bits per heavy atom. The second-order valence-electron chi connectivity index (χ2n) is 5.72. The van der Waals surface area contributed by atoms with E-state index in [4.69, 9.17) is 16.2 Å². The van der Waals surface area contributed by atoms with E-state index in [0.29, 0.717) is 18.3 Å². The highest BCUT2D eigenvalue weighted by atomic mass is 28.3. The largest absolute Gasteiger partial charge is 0.382 e. The lowest BCUT2D eigenvalue weighted by atomic mass is 10.2. The third kappa shape index (κ3) is 4.53. The summed E-state index contributed by atoms with van der Waals surface area (Å²) in [6.45, 7) is 6.56. The van der Waals surface area contributed by atoms with Crippen molar-refractivity contribution in [1.29, 1.82) is 0 Å². The Kier molecular flexibility index (Phi) is 5.96. The number of hydrogen-bond donors (Lipinski definition) is 2. The van der Waals surface area contributed by atoms with Crippen LogP contribution in [0.3, 0.4) is 0 Å². The molecule has 0 aromatic heterocycles. The number of ether oxygens (including phenoxy) is 1. The molecule has 3 nitrogen and oxygen atoms in total. The molecule has 1 rings (SSSR count). The van der Waals surface area contributed by atoms with E-state index in [1.54, 1.807) is 0 Å². The van der Waals surface area contributed by atoms with Crippen LogP contribution in [-0.4, -0.2) is 33.0 Å². The van der Waals surface area contributed by atoms with Crippen molar-refractivity contribution in [1.82, 2.24) is 0 Å². The fraction of sp³-hybridized carbons (Fsp3) is 1.00. The van der Waals surface area contributed by atoms with Gasteiger partial charge in [0.15, 0.2) is 0 Å². The molecule has 0 spiro atoms. The van der Waals surface area contributed by atoms with Crippen molar-refractivity contribution in [3.63, 3.8) is 0 Å². The molecule has 4 heteroatoms. The van der Waals surface area contributed by atoms with Gasteiger partial charge in [0.05, 0.1) is 8.07 Å². The number of hydrogen-bond acceptors (Lipinski definition) is 3. The second-order valence-corrected chi connectivity index (χ2v) is 10.8. The molecule has 0 aromatic carbocycles. The summed E-state index contributed by atoms with van der Waals surface area (Å²) in [5, 5.41) is 0. The zero-order valence-electron chi connectivity index (χ0n) is 10.9. The van der Waals surface area contributed by atoms with Gasteiger partial charge in [0.25, 0.3) is 0 Å². The third-order valence-corrected chi connectivity index (χ3v) is 7.52. The van der Waals surface area contributed by atoms with E-state index in [1.165, 1.54) is 25.3 Å². The Labute approximate surface area is 101 Å². The smallest absolute Gasteiger partial charge is 0.0816 e. The Hall–Kier alpha value is 0.0969. The summed E-state index contributed by atoms with van der Waals surface area (Å²) in [6, 6.07) is 1.57. The van der Waals surface area contributed by atoms with Crippen LogP contribution < -0.4 is 11.5 Å². The first-order chi connectivity index (χ1) is 7.56. The molecule has 0 saturated carbocycles. The van der Waals surface area contributed by atoms with E-state index in [-0.39, 0.29) is 0 Å². The van der Waals surface area contributed by atoms with Crippen molar-refractivity contribution in [3.8, 4) is 0 Å². The average molecular weight is 244 g/mol. The lowest BCUT2D eigenvalue weighted by molar-refractivity contribution is 0.0597. The van der Waals surface area contributed by atoms with Gasteiger partial charge in [-0.2, -0.15) is 0 Å². The van der Waals surface area contributed by atoms with E-state index >= 15 is 0 Å². The third-order valence-electron chi connectivity index (χ3n) is 3.75. The van der Waals surface area contributed by atoms with Crippen molar-refractivity contribution in [2.75, 3.05) is 13.2 Å². The van der Waals surface area contributed by atoms with Crippen LogP contribution in [0.2, 0.25) is 19.1 Å². The molecule has 0 amide bonds. The molecule has 0 radical (unpaired) electrons. The van der Waals surface area contributed by atoms with Crippen LogP contribution in [0, 0.1) is 0 Å². The summed E-state index contributed by atoms with van der Waals surface area (Å²) in [7, 11) is -1.24. The molecule has 2 atom stereocenters. The van der Waals surface area contributed by atoms with Gasteiger partial charge in [0.2, 0.25) is 0 Å². The van der Waals surface area contributed by atoms with Crippen LogP contribution in [0.4, 0.5) is 0 Å². The summed E-state index contributed by atoms with van der Waals surface area (Å²) < 4.78 is 5.93. The van der Waals surface area contributed by atoms with E-state index < -0.39 is 8.07 Å². The quantitative estimate of drug-likeness (QED) is 0.701. The summed E-state index contributed by atoms with van der Waals surface area (Å²) in [6.07, 6.45) is 5.93. The van der Waals surface area contributed by atoms with Crippen LogP contribution >= 0.6 is 0 Å². The first-order valence-electron chi connectivity index (χ1n) is 6.63. The lowest BCUT2D eigenvalue weighted by Gasteiger charge is -2.35. The molecule has 96 valence electrons. The highest BCUT2D eigenvalue weighted by molar-refractivity contribution is 6.78. The molecule has 2 unspecified atom stereocenters. The maximum Gasteiger partial charge on any atom is 0.0816 e. The molecule has 0 aliphatic carbocycles. The summed E-state index contributed by atoms with van der Waals surface area (Å²) in [4.78, 5) is 0. The molecule has 4 N–H and O–H groups in total. The van der Waals surface area contributed by atoms with Gasteiger partial charge in [0, 0.05) is 18.4 Å². The topological polar surface area (TPSA) is 61.3 Å². The maximum atomic E-state index is 6.02. The highest BCUT2D eigenvalue weighted by Gasteiger charge is 2.33. The van der Waals surface area contributed by atoms with Crippen LogP contribution in [0.5, 0.6) is 0 Å². The van der Waals surface area contributed by atoms with Gasteiger partial charge in [-0.1, -0.05) is 19.1 Å². The molecule has 0 aromatic rings. The normalized spacial score (nSPS) is 24.4. The van der Waals surface area contributed by atoms with Crippen molar-refractivity contribution < 1.29 is 4.74 Å². The molecule has 1 aliphatic heterocycles. The fourth-order valence-corrected chi connectivity index (χ4v) is 5.43. The van der Waals surface area contributed by atoms with Crippen LogP contribution in [-0.2, 0) is 4.74 Å². The van der Waals surface area contributed by atoms with E-state index in [9.17, 15) is 0 Å². The molecular formula is C12H28N2OSi. The molecule has 1 heterocycles. The van der Waals surface area contributed by atoms with Crippen molar-refractivity contribution in [2.45, 2.75) is 63.0 Å². The van der Waals surface area contributed by atoms with E-state index in [1.807, 2.05) is 0 Å². The van der Waals surface area contributed by atoms with Gasteiger partial charge in [-0.25, -0.2) is 0 Å². The number of rotatable bonds is 6. The van der Waals surface area contributed by atoms with E-state index in [2.05, 4.69) is 13.1 Å². The predicted octanol–water partition coefficient (Wildman–Crippen LogP) is 1.87. The standard InChI is InChI=1S/C12H28N2OSi/c1-16(2,10-7-11(14)6-8-13)12-5-3-4-9-15-12/h11-12H,3-10,13-14H2,1-2H3. The van der Waals surface area contributed by atoms with Crippen LogP contribution in [0.1, 0.15) is 32.1 Å². The van der Waals surface area contributed by atoms with Crippen molar-refractivity contribution in [3.05, 3.63) is 0 Å². The van der Waals surface area contributed by atoms with Gasteiger partial charge >= 0.3 is 0 Å². The monoisotopic (exact) mass is 244 g/mol. The molecule has 1 fully saturated rings. The summed E-state index contributed by atoms with van der Waals surface area (Å²) in [5.41, 5.74) is 12.1. The summed E-state index contributed by atoms with van der Waals surface area (Å²) in [5.74, 6) is 0. The molecule has 16 heavy (non-hydrogen) atoms. The first kappa shape index (κ1) is 14.2. The minimum absolute atomic E-state index is 0.292. The van der Waals surface area contributed by atoms with E-state index in [0.717, 1.165) is 19.4 Å². The fourth-order valence-electron chi connectivity index (χ4n) is 2.43. The summed E-state index contributed by atoms with van der Waals surface area (Å²) >= 11 is 0. The van der Waals surface area contributed by atoms with Crippen LogP contribution in [0.25, 0.3) is 0 Å². The average Bonchev–Trinajstić information content (AvgIpc) is 2.28.